The Hall–Kier alpha value is -3.66. The number of carbonyl (C=O) groups excluding carboxylic acids is 3. The van der Waals surface area contributed by atoms with Gasteiger partial charge < -0.3 is 14.2 Å². The van der Waals surface area contributed by atoms with E-state index in [1.165, 1.54) is 12.0 Å². The Morgan fingerprint density at radius 3 is 2.40 bits per heavy atom. The molecule has 1 N–H and O–H groups in total. The molecule has 0 radical (unpaired) electrons. The molecule has 4 fully saturated rings. The van der Waals surface area contributed by atoms with Crippen molar-refractivity contribution in [3.63, 3.8) is 0 Å². The van der Waals surface area contributed by atoms with Gasteiger partial charge in [-0.15, -0.1) is 0 Å². The zero-order chi connectivity index (χ0) is 31.2. The minimum Gasteiger partial charge on any atom is -0.497 e. The number of hydrogen-bond donors (Lipinski definition) is 1. The summed E-state index contributed by atoms with van der Waals surface area (Å²) in [4.78, 5) is 42.4. The first-order chi connectivity index (χ1) is 21.6. The topological polar surface area (TPSA) is 115 Å². The van der Waals surface area contributed by atoms with Gasteiger partial charge in [0.1, 0.15) is 11.5 Å². The minimum absolute atomic E-state index is 0.0120. The van der Waals surface area contributed by atoms with E-state index in [1.54, 1.807) is 19.2 Å². The smallest absolute Gasteiger partial charge is 0.264 e. The Kier molecular flexibility index (Phi) is 6.51. The maximum Gasteiger partial charge on any atom is 0.264 e. The molecule has 10 heteroatoms. The maximum absolute atomic E-state index is 14.8. The standard InChI is InChI=1S/C35H39N3O6S/c1-44-25-11-13-26-28(17-25)29-18-35(29,34(41)38-22-9-10-23(38)16-24(39)15-22)19-37-30-14-21(33(40)36-45(2,42)43)8-12-27(30)31(32(26)37)20-6-4-3-5-7-20/h8,11-14,17,20,22-23,29H,3-7,9-10,15-16,18-19H2,1-2H3,(H,36,40). The van der Waals surface area contributed by atoms with Gasteiger partial charge in [0.05, 0.1) is 24.5 Å². The molecule has 2 saturated heterocycles. The molecule has 4 unspecified atom stereocenters. The Labute approximate surface area is 263 Å². The summed E-state index contributed by atoms with van der Waals surface area (Å²) in [5, 5.41) is 1.06. The van der Waals surface area contributed by atoms with E-state index in [1.807, 2.05) is 12.1 Å². The molecule has 4 heterocycles. The molecular formula is C35H39N3O6S. The van der Waals surface area contributed by atoms with E-state index in [4.69, 9.17) is 4.74 Å². The fourth-order valence-corrected chi connectivity index (χ4v) is 9.66. The van der Waals surface area contributed by atoms with Crippen LogP contribution < -0.4 is 9.46 Å². The number of hydrogen-bond acceptors (Lipinski definition) is 6. The van der Waals surface area contributed by atoms with E-state index in [9.17, 15) is 22.8 Å². The molecule has 3 aromatic rings. The van der Waals surface area contributed by atoms with E-state index in [0.717, 1.165) is 78.3 Å². The second kappa shape index (κ2) is 10.2. The third-order valence-electron chi connectivity index (χ3n) is 11.3. The number of piperidine rings is 1. The van der Waals surface area contributed by atoms with Crippen molar-refractivity contribution in [3.8, 4) is 17.0 Å². The lowest BCUT2D eigenvalue weighted by atomic mass is 9.81. The molecule has 4 atom stereocenters. The van der Waals surface area contributed by atoms with Gasteiger partial charge in [0.15, 0.2) is 0 Å². The van der Waals surface area contributed by atoms with Crippen molar-refractivity contribution < 1.29 is 27.5 Å². The van der Waals surface area contributed by atoms with Gasteiger partial charge in [-0.3, -0.25) is 14.4 Å². The molecular weight excluding hydrogens is 590 g/mol. The molecule has 2 aromatic carbocycles. The highest BCUT2D eigenvalue weighted by Gasteiger charge is 2.65. The zero-order valence-corrected chi connectivity index (χ0v) is 26.6. The summed E-state index contributed by atoms with van der Waals surface area (Å²) in [7, 11) is -2.08. The quantitative estimate of drug-likeness (QED) is 0.412. The van der Waals surface area contributed by atoms with Crippen molar-refractivity contribution in [2.24, 2.45) is 5.41 Å². The van der Waals surface area contributed by atoms with Crippen LogP contribution in [-0.4, -0.2) is 60.9 Å². The Balaban J connectivity index is 1.34. The molecule has 2 aliphatic carbocycles. The number of fused-ring (bicyclic) bond motifs is 9. The number of methoxy groups -OCH3 is 1. The average Bonchev–Trinajstić information content (AvgIpc) is 3.60. The fourth-order valence-electron chi connectivity index (χ4n) is 9.21. The number of rotatable bonds is 5. The predicted molar refractivity (Wildman–Crippen MR) is 170 cm³/mol. The van der Waals surface area contributed by atoms with Crippen LogP contribution in [0.5, 0.6) is 5.75 Å². The Morgan fingerprint density at radius 2 is 1.71 bits per heavy atom. The number of aromatic nitrogens is 1. The van der Waals surface area contributed by atoms with E-state index in [2.05, 4.69) is 26.3 Å². The van der Waals surface area contributed by atoms with Gasteiger partial charge in [-0.1, -0.05) is 25.3 Å². The fraction of sp³-hybridized carbons (Fsp3) is 0.514. The molecule has 9 nitrogen and oxygen atoms in total. The van der Waals surface area contributed by atoms with Crippen molar-refractivity contribution in [2.45, 2.75) is 94.7 Å². The Morgan fingerprint density at radius 1 is 0.978 bits per heavy atom. The summed E-state index contributed by atoms with van der Waals surface area (Å²) >= 11 is 0. The van der Waals surface area contributed by atoms with Crippen molar-refractivity contribution in [1.29, 1.82) is 0 Å². The van der Waals surface area contributed by atoms with Crippen molar-refractivity contribution in [1.82, 2.24) is 14.2 Å². The van der Waals surface area contributed by atoms with Crippen LogP contribution in [0.4, 0.5) is 0 Å². The molecule has 45 heavy (non-hydrogen) atoms. The number of ketones is 1. The van der Waals surface area contributed by atoms with Crippen molar-refractivity contribution in [2.75, 3.05) is 13.4 Å². The lowest BCUT2D eigenvalue weighted by Gasteiger charge is -2.37. The highest BCUT2D eigenvalue weighted by Crippen LogP contribution is 2.67. The van der Waals surface area contributed by atoms with Gasteiger partial charge in [-0.05, 0) is 79.5 Å². The van der Waals surface area contributed by atoms with Gasteiger partial charge in [-0.2, -0.15) is 0 Å². The summed E-state index contributed by atoms with van der Waals surface area (Å²) in [6, 6.07) is 11.7. The highest BCUT2D eigenvalue weighted by molar-refractivity contribution is 7.89. The van der Waals surface area contributed by atoms with Crippen LogP contribution in [0.25, 0.3) is 22.2 Å². The lowest BCUT2D eigenvalue weighted by molar-refractivity contribution is -0.144. The predicted octanol–water partition coefficient (Wildman–Crippen LogP) is 5.26. The first kappa shape index (κ1) is 28.8. The third-order valence-corrected chi connectivity index (χ3v) is 11.8. The number of nitrogens with one attached hydrogen (secondary N) is 1. The summed E-state index contributed by atoms with van der Waals surface area (Å²) in [6.45, 7) is 0.465. The summed E-state index contributed by atoms with van der Waals surface area (Å²) in [5.41, 5.74) is 5.03. The first-order valence-corrected chi connectivity index (χ1v) is 18.2. The number of nitrogens with zero attached hydrogens (tertiary/aromatic N) is 2. The summed E-state index contributed by atoms with van der Waals surface area (Å²) in [6.07, 6.45) is 9.99. The van der Waals surface area contributed by atoms with Crippen LogP contribution in [-0.2, 0) is 26.2 Å². The molecule has 2 saturated carbocycles. The number of amides is 2. The molecule has 236 valence electrons. The molecule has 8 rings (SSSR count). The molecule has 5 aliphatic rings. The second-order valence-electron chi connectivity index (χ2n) is 14.0. The van der Waals surface area contributed by atoms with Crippen molar-refractivity contribution in [3.05, 3.63) is 53.1 Å². The highest BCUT2D eigenvalue weighted by atomic mass is 32.2. The van der Waals surface area contributed by atoms with E-state index in [0.29, 0.717) is 31.7 Å². The van der Waals surface area contributed by atoms with Crippen molar-refractivity contribution >= 4 is 38.5 Å². The van der Waals surface area contributed by atoms with Crippen LogP contribution in [0.3, 0.4) is 0 Å². The molecule has 0 spiro atoms. The number of carbonyl (C=O) groups is 3. The largest absolute Gasteiger partial charge is 0.497 e. The minimum atomic E-state index is -3.74. The first-order valence-electron chi connectivity index (χ1n) is 16.3. The second-order valence-corrected chi connectivity index (χ2v) is 15.8. The lowest BCUT2D eigenvalue weighted by Crippen LogP contribution is -2.50. The van der Waals surface area contributed by atoms with Gasteiger partial charge >= 0.3 is 0 Å². The number of Topliss-reactive ketones (excluding diaryl/α,β-unsaturated/α-hetero) is 1. The van der Waals surface area contributed by atoms with Crippen LogP contribution in [0.1, 0.15) is 97.5 Å². The summed E-state index contributed by atoms with van der Waals surface area (Å²) < 4.78 is 34.0. The summed E-state index contributed by atoms with van der Waals surface area (Å²) in [5.74, 6) is 0.835. The van der Waals surface area contributed by atoms with Crippen LogP contribution >= 0.6 is 0 Å². The number of benzene rings is 2. The Bertz CT molecular complexity index is 1870. The average molecular weight is 630 g/mol. The maximum atomic E-state index is 14.8. The van der Waals surface area contributed by atoms with E-state index >= 15 is 0 Å². The number of ether oxygens (including phenoxy) is 1. The van der Waals surface area contributed by atoms with Gasteiger partial charge in [0, 0.05) is 59.4 Å². The normalized spacial score (nSPS) is 27.4. The third kappa shape index (κ3) is 4.54. The SMILES string of the molecule is COc1ccc2c(c1)C1CC1(C(=O)N1C3CCC1CC(=O)C3)Cn1c-2c(C2CCCCC2)c2ccc(C(=O)NS(C)(=O)=O)cc21. The van der Waals surface area contributed by atoms with Crippen LogP contribution in [0.15, 0.2) is 36.4 Å². The van der Waals surface area contributed by atoms with E-state index < -0.39 is 21.3 Å². The number of sulfonamides is 1. The zero-order valence-electron chi connectivity index (χ0n) is 25.8. The molecule has 2 amide bonds. The molecule has 2 bridgehead atoms. The van der Waals surface area contributed by atoms with E-state index in [-0.39, 0.29) is 35.3 Å². The van der Waals surface area contributed by atoms with Crippen LogP contribution in [0.2, 0.25) is 0 Å². The van der Waals surface area contributed by atoms with Gasteiger partial charge in [0.2, 0.25) is 15.9 Å². The van der Waals surface area contributed by atoms with Crippen LogP contribution in [0, 0.1) is 5.41 Å². The van der Waals surface area contributed by atoms with Gasteiger partial charge in [0.25, 0.3) is 5.91 Å². The van der Waals surface area contributed by atoms with Gasteiger partial charge in [-0.25, -0.2) is 13.1 Å². The monoisotopic (exact) mass is 629 g/mol. The molecule has 1 aromatic heterocycles. The molecule has 3 aliphatic heterocycles.